The summed E-state index contributed by atoms with van der Waals surface area (Å²) in [6, 6.07) is 9.77. The number of rotatable bonds is 6. The number of nitrogens with one attached hydrogen (secondary N) is 2. The zero-order valence-corrected chi connectivity index (χ0v) is 16.5. The predicted molar refractivity (Wildman–Crippen MR) is 109 cm³/mol. The topological polar surface area (TPSA) is 71.8 Å². The van der Waals surface area contributed by atoms with Gasteiger partial charge in [0.2, 0.25) is 0 Å². The number of fused-ring (bicyclic) bond motifs is 1. The lowest BCUT2D eigenvalue weighted by atomic mass is 10.0. The highest BCUT2D eigenvalue weighted by Gasteiger charge is 2.13. The summed E-state index contributed by atoms with van der Waals surface area (Å²) >= 11 is 0. The van der Waals surface area contributed by atoms with Gasteiger partial charge in [-0.25, -0.2) is 4.79 Å². The van der Waals surface area contributed by atoms with Crippen molar-refractivity contribution in [1.82, 2.24) is 20.1 Å². The van der Waals surface area contributed by atoms with Crippen LogP contribution in [-0.2, 0) is 13.0 Å². The monoisotopic (exact) mass is 365 g/mol. The van der Waals surface area contributed by atoms with Crippen LogP contribution in [0.3, 0.4) is 0 Å². The highest BCUT2D eigenvalue weighted by molar-refractivity contribution is 6.01. The number of hydrogen-bond donors (Lipinski definition) is 2. The van der Waals surface area contributed by atoms with E-state index in [4.69, 9.17) is 0 Å². The number of aryl methyl sites for hydroxylation is 4. The minimum absolute atomic E-state index is 0.186. The molecule has 0 bridgehead atoms. The first-order chi connectivity index (χ1) is 13.0. The van der Waals surface area contributed by atoms with Crippen molar-refractivity contribution in [1.29, 1.82) is 0 Å². The third-order valence-corrected chi connectivity index (χ3v) is 4.73. The van der Waals surface area contributed by atoms with E-state index in [-0.39, 0.29) is 6.03 Å². The van der Waals surface area contributed by atoms with Crippen molar-refractivity contribution in [3.05, 3.63) is 53.0 Å². The number of benzene rings is 1. The Morgan fingerprint density at radius 1 is 1.19 bits per heavy atom. The normalized spacial score (nSPS) is 11.0. The average Bonchev–Trinajstić information content (AvgIpc) is 2.96. The summed E-state index contributed by atoms with van der Waals surface area (Å²) in [5, 5.41) is 11.4. The lowest BCUT2D eigenvalue weighted by molar-refractivity contribution is 0.251. The molecule has 0 aliphatic rings. The van der Waals surface area contributed by atoms with E-state index in [0.29, 0.717) is 6.54 Å². The highest BCUT2D eigenvalue weighted by Crippen LogP contribution is 2.28. The van der Waals surface area contributed by atoms with E-state index < -0.39 is 0 Å². The number of nitrogens with zero attached hydrogens (tertiary/aromatic N) is 3. The molecule has 0 saturated heterocycles. The summed E-state index contributed by atoms with van der Waals surface area (Å²) in [6.45, 7) is 9.48. The number of anilines is 1. The van der Waals surface area contributed by atoms with E-state index in [9.17, 15) is 4.79 Å². The molecule has 3 rings (SSSR count). The second-order valence-electron chi connectivity index (χ2n) is 6.81. The maximum absolute atomic E-state index is 12.5. The maximum atomic E-state index is 12.5. The number of aromatic nitrogens is 3. The second-order valence-corrected chi connectivity index (χ2v) is 6.81. The largest absolute Gasteiger partial charge is 0.338 e. The van der Waals surface area contributed by atoms with Crippen LogP contribution in [0.25, 0.3) is 10.9 Å². The van der Waals surface area contributed by atoms with Gasteiger partial charge in [0.25, 0.3) is 0 Å². The standard InChI is InChI=1S/C21H27N5O/c1-5-17-16(4)23-19-10-7-6-9-18(19)20(17)24-21(27)22-11-8-12-26-15(3)13-14(2)25-26/h6-7,9-10,13H,5,8,11-12H2,1-4H3,(H2,22,23,24,27). The van der Waals surface area contributed by atoms with Crippen LogP contribution in [0.2, 0.25) is 0 Å². The summed E-state index contributed by atoms with van der Waals surface area (Å²) in [4.78, 5) is 17.1. The molecule has 0 spiro atoms. The number of carbonyl (C=O) groups is 1. The Kier molecular flexibility index (Phi) is 5.74. The van der Waals surface area contributed by atoms with Gasteiger partial charge in [0.05, 0.1) is 16.9 Å². The molecule has 1 aromatic carbocycles. The first kappa shape index (κ1) is 18.9. The van der Waals surface area contributed by atoms with Crippen LogP contribution in [0.1, 0.15) is 36.0 Å². The Morgan fingerprint density at radius 2 is 1.96 bits per heavy atom. The van der Waals surface area contributed by atoms with Gasteiger partial charge >= 0.3 is 6.03 Å². The minimum Gasteiger partial charge on any atom is -0.338 e. The number of amides is 2. The average molecular weight is 365 g/mol. The molecule has 27 heavy (non-hydrogen) atoms. The fourth-order valence-electron chi connectivity index (χ4n) is 3.44. The van der Waals surface area contributed by atoms with E-state index in [0.717, 1.165) is 58.6 Å². The van der Waals surface area contributed by atoms with Crippen molar-refractivity contribution in [2.45, 2.75) is 47.1 Å². The Bertz CT molecular complexity index is 961. The van der Waals surface area contributed by atoms with Gasteiger partial charge in [-0.05, 0) is 51.3 Å². The smallest absolute Gasteiger partial charge is 0.319 e. The van der Waals surface area contributed by atoms with Crippen molar-refractivity contribution in [3.63, 3.8) is 0 Å². The van der Waals surface area contributed by atoms with Gasteiger partial charge in [0.15, 0.2) is 0 Å². The molecule has 0 fully saturated rings. The molecule has 0 atom stereocenters. The third-order valence-electron chi connectivity index (χ3n) is 4.73. The molecule has 3 aromatic rings. The van der Waals surface area contributed by atoms with E-state index in [2.05, 4.69) is 33.7 Å². The number of hydrogen-bond acceptors (Lipinski definition) is 3. The van der Waals surface area contributed by atoms with E-state index >= 15 is 0 Å². The Labute approximate surface area is 160 Å². The molecular weight excluding hydrogens is 338 g/mol. The van der Waals surface area contributed by atoms with Gasteiger partial charge in [-0.2, -0.15) is 5.10 Å². The zero-order valence-electron chi connectivity index (χ0n) is 16.5. The van der Waals surface area contributed by atoms with Crippen LogP contribution < -0.4 is 10.6 Å². The van der Waals surface area contributed by atoms with Gasteiger partial charge in [-0.1, -0.05) is 25.1 Å². The quantitative estimate of drug-likeness (QED) is 0.645. The lowest BCUT2D eigenvalue weighted by Gasteiger charge is -2.16. The second kappa shape index (κ2) is 8.20. The molecule has 0 unspecified atom stereocenters. The molecule has 6 heteroatoms. The van der Waals surface area contributed by atoms with Crippen molar-refractivity contribution in [3.8, 4) is 0 Å². The SMILES string of the molecule is CCc1c(C)nc2ccccc2c1NC(=O)NCCCn1nc(C)cc1C. The molecular formula is C21H27N5O. The van der Waals surface area contributed by atoms with Crippen molar-refractivity contribution in [2.75, 3.05) is 11.9 Å². The minimum atomic E-state index is -0.186. The highest BCUT2D eigenvalue weighted by atomic mass is 16.2. The molecule has 2 N–H and O–H groups in total. The first-order valence-electron chi connectivity index (χ1n) is 9.43. The Hall–Kier alpha value is -2.89. The van der Waals surface area contributed by atoms with Gasteiger partial charge in [-0.3, -0.25) is 9.67 Å². The summed E-state index contributed by atoms with van der Waals surface area (Å²) in [5.41, 5.74) is 5.94. The molecule has 2 heterocycles. The third kappa shape index (κ3) is 4.27. The Balaban J connectivity index is 1.64. The van der Waals surface area contributed by atoms with Crippen molar-refractivity contribution < 1.29 is 4.79 Å². The number of urea groups is 1. The molecule has 2 aromatic heterocycles. The number of pyridine rings is 1. The Morgan fingerprint density at radius 3 is 2.67 bits per heavy atom. The van der Waals surface area contributed by atoms with Gasteiger partial charge in [0, 0.05) is 29.9 Å². The van der Waals surface area contributed by atoms with Crippen molar-refractivity contribution >= 4 is 22.6 Å². The fourth-order valence-corrected chi connectivity index (χ4v) is 3.44. The van der Waals surface area contributed by atoms with E-state index in [1.165, 1.54) is 0 Å². The molecule has 0 saturated carbocycles. The summed E-state index contributed by atoms with van der Waals surface area (Å²) in [6.07, 6.45) is 1.64. The predicted octanol–water partition coefficient (Wildman–Crippen LogP) is 4.13. The van der Waals surface area contributed by atoms with Crippen LogP contribution in [-0.4, -0.2) is 27.3 Å². The summed E-state index contributed by atoms with van der Waals surface area (Å²) in [7, 11) is 0. The molecule has 0 radical (unpaired) electrons. The maximum Gasteiger partial charge on any atom is 0.319 e. The van der Waals surface area contributed by atoms with E-state index in [1.54, 1.807) is 0 Å². The lowest BCUT2D eigenvalue weighted by Crippen LogP contribution is -2.30. The molecule has 2 amide bonds. The summed E-state index contributed by atoms with van der Waals surface area (Å²) < 4.78 is 1.98. The summed E-state index contributed by atoms with van der Waals surface area (Å²) in [5.74, 6) is 0. The van der Waals surface area contributed by atoms with Crippen LogP contribution >= 0.6 is 0 Å². The van der Waals surface area contributed by atoms with Crippen molar-refractivity contribution in [2.24, 2.45) is 0 Å². The van der Waals surface area contributed by atoms with Crippen LogP contribution in [0.5, 0.6) is 0 Å². The van der Waals surface area contributed by atoms with E-state index in [1.807, 2.05) is 49.7 Å². The number of carbonyl (C=O) groups excluding carboxylic acids is 1. The first-order valence-corrected chi connectivity index (χ1v) is 9.43. The zero-order chi connectivity index (χ0) is 19.4. The molecule has 142 valence electrons. The molecule has 6 nitrogen and oxygen atoms in total. The fraction of sp³-hybridized carbons (Fsp3) is 0.381. The number of para-hydroxylation sites is 1. The van der Waals surface area contributed by atoms with Gasteiger partial charge in [-0.15, -0.1) is 0 Å². The molecule has 0 aliphatic carbocycles. The van der Waals surface area contributed by atoms with Gasteiger partial charge in [0.1, 0.15) is 0 Å². The molecule has 0 aliphatic heterocycles. The van der Waals surface area contributed by atoms with Crippen LogP contribution in [0.4, 0.5) is 10.5 Å². The van der Waals surface area contributed by atoms with Crippen LogP contribution in [0.15, 0.2) is 30.3 Å². The van der Waals surface area contributed by atoms with Gasteiger partial charge < -0.3 is 10.6 Å². The van der Waals surface area contributed by atoms with Crippen LogP contribution in [0, 0.1) is 20.8 Å².